The van der Waals surface area contributed by atoms with Crippen LogP contribution < -0.4 is 0 Å². The third-order valence-electron chi connectivity index (χ3n) is 3.78. The summed E-state index contributed by atoms with van der Waals surface area (Å²) in [6.07, 6.45) is 2.09. The number of benzene rings is 2. The van der Waals surface area contributed by atoms with E-state index >= 15 is 0 Å². The zero-order chi connectivity index (χ0) is 12.4. The average Bonchev–Trinajstić information content (AvgIpc) is 2.58. The van der Waals surface area contributed by atoms with Gasteiger partial charge in [-0.1, -0.05) is 53.7 Å². The molecule has 0 atom stereocenters. The van der Waals surface area contributed by atoms with E-state index in [9.17, 15) is 4.91 Å². The minimum atomic E-state index is 0.123. The van der Waals surface area contributed by atoms with Gasteiger partial charge in [-0.2, -0.15) is 4.91 Å². The summed E-state index contributed by atoms with van der Waals surface area (Å²) in [4.78, 5) is 10.8. The summed E-state index contributed by atoms with van der Waals surface area (Å²) in [5, 5.41) is 3.15. The molecule has 2 nitrogen and oxygen atoms in total. The van der Waals surface area contributed by atoms with Crippen LogP contribution in [0.3, 0.4) is 0 Å². The van der Waals surface area contributed by atoms with Gasteiger partial charge >= 0.3 is 0 Å². The minimum absolute atomic E-state index is 0.123. The van der Waals surface area contributed by atoms with Crippen molar-refractivity contribution in [1.82, 2.24) is 0 Å². The van der Waals surface area contributed by atoms with E-state index in [1.165, 1.54) is 22.3 Å². The lowest BCUT2D eigenvalue weighted by Crippen LogP contribution is -2.06. The van der Waals surface area contributed by atoms with E-state index in [2.05, 4.69) is 41.6 Å². The first-order valence-electron chi connectivity index (χ1n) is 6.35. The summed E-state index contributed by atoms with van der Waals surface area (Å²) in [6.45, 7) is 0.327. The lowest BCUT2D eigenvalue weighted by atomic mass is 9.88. The van der Waals surface area contributed by atoms with Crippen molar-refractivity contribution in [2.75, 3.05) is 6.54 Å². The summed E-state index contributed by atoms with van der Waals surface area (Å²) in [5.74, 6) is 0.123. The number of fused-ring (bicyclic) bond motifs is 2. The molecule has 0 saturated carbocycles. The zero-order valence-corrected chi connectivity index (χ0v) is 10.2. The second kappa shape index (κ2) is 4.73. The molecule has 1 aliphatic carbocycles. The Morgan fingerprint density at radius 1 is 0.889 bits per heavy atom. The molecule has 0 fully saturated rings. The van der Waals surface area contributed by atoms with E-state index in [4.69, 9.17) is 0 Å². The fraction of sp³-hybridized carbons (Fsp3) is 0.250. The SMILES string of the molecule is O=NCC1c2ccccc2CCc2ccccc21. The molecular weight excluding hydrogens is 222 g/mol. The Balaban J connectivity index is 2.17. The first-order valence-corrected chi connectivity index (χ1v) is 6.35. The van der Waals surface area contributed by atoms with Crippen molar-refractivity contribution >= 4 is 0 Å². The van der Waals surface area contributed by atoms with E-state index in [0.717, 1.165) is 12.8 Å². The summed E-state index contributed by atoms with van der Waals surface area (Å²) >= 11 is 0. The largest absolute Gasteiger partial charge is 0.151 e. The lowest BCUT2D eigenvalue weighted by molar-refractivity contribution is 0.810. The van der Waals surface area contributed by atoms with Crippen LogP contribution in [0, 0.1) is 4.91 Å². The maximum atomic E-state index is 10.8. The van der Waals surface area contributed by atoms with Gasteiger partial charge in [-0.15, -0.1) is 0 Å². The van der Waals surface area contributed by atoms with Gasteiger partial charge in [0.15, 0.2) is 0 Å². The van der Waals surface area contributed by atoms with Crippen molar-refractivity contribution < 1.29 is 0 Å². The quantitative estimate of drug-likeness (QED) is 0.732. The molecule has 90 valence electrons. The van der Waals surface area contributed by atoms with Crippen molar-refractivity contribution in [3.63, 3.8) is 0 Å². The highest BCUT2D eigenvalue weighted by Gasteiger charge is 2.23. The highest BCUT2D eigenvalue weighted by Crippen LogP contribution is 2.34. The molecular formula is C16H15NO. The number of nitroso groups, excluding NO2 is 1. The van der Waals surface area contributed by atoms with Gasteiger partial charge in [-0.3, -0.25) is 0 Å². The number of rotatable bonds is 2. The second-order valence-corrected chi connectivity index (χ2v) is 4.76. The van der Waals surface area contributed by atoms with E-state index in [1.54, 1.807) is 0 Å². The molecule has 0 spiro atoms. The Hall–Kier alpha value is -1.96. The van der Waals surface area contributed by atoms with Crippen molar-refractivity contribution in [2.45, 2.75) is 18.8 Å². The number of hydrogen-bond donors (Lipinski definition) is 0. The molecule has 1 aliphatic rings. The van der Waals surface area contributed by atoms with Crippen LogP contribution in [0.5, 0.6) is 0 Å². The molecule has 2 heteroatoms. The Morgan fingerprint density at radius 3 is 1.89 bits per heavy atom. The van der Waals surface area contributed by atoms with Crippen molar-refractivity contribution in [1.29, 1.82) is 0 Å². The van der Waals surface area contributed by atoms with E-state index < -0.39 is 0 Å². The third kappa shape index (κ3) is 1.84. The molecule has 0 bridgehead atoms. The molecule has 18 heavy (non-hydrogen) atoms. The zero-order valence-electron chi connectivity index (χ0n) is 10.2. The maximum Gasteiger partial charge on any atom is 0.0920 e. The van der Waals surface area contributed by atoms with Crippen LogP contribution in [0.2, 0.25) is 0 Å². The highest BCUT2D eigenvalue weighted by atomic mass is 16.3. The summed E-state index contributed by atoms with van der Waals surface area (Å²) < 4.78 is 0. The Bertz CT molecular complexity index is 529. The van der Waals surface area contributed by atoms with Crippen LogP contribution >= 0.6 is 0 Å². The molecule has 0 unspecified atom stereocenters. The molecule has 2 aromatic carbocycles. The first-order chi connectivity index (χ1) is 8.90. The predicted molar refractivity (Wildman–Crippen MR) is 72.8 cm³/mol. The fourth-order valence-electron chi connectivity index (χ4n) is 2.91. The van der Waals surface area contributed by atoms with Gasteiger partial charge in [0.05, 0.1) is 6.54 Å². The normalized spacial score (nSPS) is 14.4. The molecule has 0 amide bonds. The Kier molecular flexibility index (Phi) is 2.93. The standard InChI is InChI=1S/C16H15NO/c18-17-11-16-14-7-3-1-5-12(14)9-10-13-6-2-4-8-15(13)16/h1-8,16H,9-11H2. The van der Waals surface area contributed by atoms with Crippen LogP contribution in [-0.2, 0) is 12.8 Å². The minimum Gasteiger partial charge on any atom is -0.151 e. The molecule has 2 aromatic rings. The van der Waals surface area contributed by atoms with Gasteiger partial charge in [-0.25, -0.2) is 0 Å². The molecule has 3 rings (SSSR count). The number of nitrogens with zero attached hydrogens (tertiary/aromatic N) is 1. The molecule has 0 radical (unpaired) electrons. The first kappa shape index (κ1) is 11.1. The lowest BCUT2D eigenvalue weighted by Gasteiger charge is -2.17. The van der Waals surface area contributed by atoms with E-state index in [1.807, 2.05) is 12.1 Å². The topological polar surface area (TPSA) is 29.4 Å². The van der Waals surface area contributed by atoms with Crippen molar-refractivity contribution in [2.24, 2.45) is 5.18 Å². The Morgan fingerprint density at radius 2 is 1.39 bits per heavy atom. The van der Waals surface area contributed by atoms with Gasteiger partial charge in [-0.05, 0) is 35.1 Å². The molecule has 0 heterocycles. The van der Waals surface area contributed by atoms with Crippen molar-refractivity contribution in [3.05, 3.63) is 75.7 Å². The van der Waals surface area contributed by atoms with E-state index in [-0.39, 0.29) is 5.92 Å². The molecule has 0 aliphatic heterocycles. The van der Waals surface area contributed by atoms with Gasteiger partial charge in [0.2, 0.25) is 0 Å². The van der Waals surface area contributed by atoms with Gasteiger partial charge in [0.25, 0.3) is 0 Å². The van der Waals surface area contributed by atoms with Gasteiger partial charge in [0, 0.05) is 5.92 Å². The smallest absolute Gasteiger partial charge is 0.0920 e. The fourth-order valence-corrected chi connectivity index (χ4v) is 2.91. The number of hydrogen-bond acceptors (Lipinski definition) is 2. The summed E-state index contributed by atoms with van der Waals surface area (Å²) in [6, 6.07) is 16.8. The van der Waals surface area contributed by atoms with Crippen LogP contribution in [0.1, 0.15) is 28.2 Å². The average molecular weight is 237 g/mol. The van der Waals surface area contributed by atoms with Crippen LogP contribution in [-0.4, -0.2) is 6.54 Å². The Labute approximate surface area is 107 Å². The monoisotopic (exact) mass is 237 g/mol. The maximum absolute atomic E-state index is 10.8. The van der Waals surface area contributed by atoms with E-state index in [0.29, 0.717) is 6.54 Å². The van der Waals surface area contributed by atoms with Crippen molar-refractivity contribution in [3.8, 4) is 0 Å². The second-order valence-electron chi connectivity index (χ2n) is 4.76. The van der Waals surface area contributed by atoms with Crippen LogP contribution in [0.15, 0.2) is 53.7 Å². The van der Waals surface area contributed by atoms with Crippen LogP contribution in [0.4, 0.5) is 0 Å². The highest BCUT2D eigenvalue weighted by molar-refractivity contribution is 5.45. The third-order valence-corrected chi connectivity index (χ3v) is 3.78. The number of aryl methyl sites for hydroxylation is 2. The summed E-state index contributed by atoms with van der Waals surface area (Å²) in [7, 11) is 0. The molecule has 0 saturated heterocycles. The van der Waals surface area contributed by atoms with Gasteiger partial charge in [0.1, 0.15) is 0 Å². The predicted octanol–water partition coefficient (Wildman–Crippen LogP) is 3.68. The van der Waals surface area contributed by atoms with Crippen LogP contribution in [0.25, 0.3) is 0 Å². The van der Waals surface area contributed by atoms with Gasteiger partial charge < -0.3 is 0 Å². The summed E-state index contributed by atoms with van der Waals surface area (Å²) in [5.41, 5.74) is 5.23. The molecule has 0 N–H and O–H groups in total. The molecule has 0 aromatic heterocycles.